The molecule has 0 aliphatic heterocycles. The summed E-state index contributed by atoms with van der Waals surface area (Å²) >= 11 is 1.27. The number of nitro benzene ring substituents is 1. The van der Waals surface area contributed by atoms with Gasteiger partial charge in [-0.1, -0.05) is 23.9 Å². The van der Waals surface area contributed by atoms with Crippen LogP contribution in [0, 0.1) is 15.9 Å². The summed E-state index contributed by atoms with van der Waals surface area (Å²) in [7, 11) is 1.82. The minimum Gasteiger partial charge on any atom is -0.313 e. The monoisotopic (exact) mass is 306 g/mol. The van der Waals surface area contributed by atoms with Crippen molar-refractivity contribution in [2.24, 2.45) is 0 Å². The molecule has 2 aromatic rings. The third-order valence-corrected chi connectivity index (χ3v) is 4.31. The highest BCUT2D eigenvalue weighted by Gasteiger charge is 2.15. The van der Waals surface area contributed by atoms with Crippen LogP contribution in [-0.4, -0.2) is 12.0 Å². The summed E-state index contributed by atoms with van der Waals surface area (Å²) in [5.41, 5.74) is 0.887. The van der Waals surface area contributed by atoms with Gasteiger partial charge in [0.15, 0.2) is 0 Å². The summed E-state index contributed by atoms with van der Waals surface area (Å²) in [6.07, 6.45) is 0. The number of halogens is 1. The number of benzene rings is 2. The molecule has 0 spiro atoms. The fraction of sp³-hybridized carbons (Fsp3) is 0.200. The first-order chi connectivity index (χ1) is 10.0. The van der Waals surface area contributed by atoms with Gasteiger partial charge in [-0.2, -0.15) is 0 Å². The van der Waals surface area contributed by atoms with Crippen LogP contribution < -0.4 is 5.32 Å². The van der Waals surface area contributed by atoms with E-state index >= 15 is 0 Å². The highest BCUT2D eigenvalue weighted by molar-refractivity contribution is 7.99. The number of non-ortho nitro benzene ring substituents is 1. The van der Waals surface area contributed by atoms with E-state index in [1.807, 2.05) is 20.0 Å². The van der Waals surface area contributed by atoms with Crippen LogP contribution in [0.3, 0.4) is 0 Å². The Balaban J connectivity index is 2.32. The van der Waals surface area contributed by atoms with E-state index in [1.54, 1.807) is 18.2 Å². The van der Waals surface area contributed by atoms with Gasteiger partial charge in [-0.05, 0) is 37.7 Å². The number of rotatable bonds is 5. The molecule has 0 aromatic heterocycles. The second-order valence-electron chi connectivity index (χ2n) is 4.52. The highest BCUT2D eigenvalue weighted by atomic mass is 32.2. The fourth-order valence-corrected chi connectivity index (χ4v) is 2.92. The molecular formula is C15H15FN2O2S. The van der Waals surface area contributed by atoms with Gasteiger partial charge in [-0.15, -0.1) is 0 Å². The van der Waals surface area contributed by atoms with Crippen LogP contribution in [0.15, 0.2) is 52.3 Å². The van der Waals surface area contributed by atoms with Crippen molar-refractivity contribution in [2.75, 3.05) is 7.05 Å². The van der Waals surface area contributed by atoms with E-state index < -0.39 is 4.92 Å². The zero-order valence-corrected chi connectivity index (χ0v) is 12.5. The lowest BCUT2D eigenvalue weighted by Gasteiger charge is -2.16. The van der Waals surface area contributed by atoms with Crippen LogP contribution in [0.5, 0.6) is 0 Å². The molecule has 2 rings (SSSR count). The Morgan fingerprint density at radius 2 is 1.90 bits per heavy atom. The van der Waals surface area contributed by atoms with Gasteiger partial charge in [-0.25, -0.2) is 4.39 Å². The van der Waals surface area contributed by atoms with E-state index in [1.165, 1.54) is 30.0 Å². The van der Waals surface area contributed by atoms with Crippen molar-refractivity contribution in [1.82, 2.24) is 5.32 Å². The molecule has 0 radical (unpaired) electrons. The molecule has 0 bridgehead atoms. The largest absolute Gasteiger partial charge is 0.313 e. The molecule has 0 aliphatic rings. The second kappa shape index (κ2) is 6.69. The average Bonchev–Trinajstić information content (AvgIpc) is 2.49. The quantitative estimate of drug-likeness (QED) is 0.665. The average molecular weight is 306 g/mol. The lowest BCUT2D eigenvalue weighted by Crippen LogP contribution is -2.13. The number of nitrogens with one attached hydrogen (secondary N) is 1. The van der Waals surface area contributed by atoms with E-state index in [4.69, 9.17) is 0 Å². The van der Waals surface area contributed by atoms with Crippen molar-refractivity contribution in [1.29, 1.82) is 0 Å². The van der Waals surface area contributed by atoms with Crippen LogP contribution in [0.1, 0.15) is 18.5 Å². The lowest BCUT2D eigenvalue weighted by molar-refractivity contribution is -0.384. The zero-order valence-electron chi connectivity index (χ0n) is 11.7. The van der Waals surface area contributed by atoms with Crippen molar-refractivity contribution in [2.45, 2.75) is 22.8 Å². The minimum absolute atomic E-state index is 0.0150. The first-order valence-corrected chi connectivity index (χ1v) is 7.22. The van der Waals surface area contributed by atoms with E-state index in [-0.39, 0.29) is 17.5 Å². The standard InChI is InChI=1S/C15H15FN2O2S/c1-10(17-2)13-4-3-5-14(16)15(13)21-12-8-6-11(7-9-12)18(19)20/h3-10,17H,1-2H3. The molecule has 6 heteroatoms. The molecule has 0 amide bonds. The molecule has 21 heavy (non-hydrogen) atoms. The topological polar surface area (TPSA) is 55.2 Å². The summed E-state index contributed by atoms with van der Waals surface area (Å²) in [6.45, 7) is 1.95. The zero-order chi connectivity index (χ0) is 15.4. The molecule has 0 heterocycles. The van der Waals surface area contributed by atoms with E-state index in [0.29, 0.717) is 4.90 Å². The maximum atomic E-state index is 14.1. The van der Waals surface area contributed by atoms with Gasteiger partial charge < -0.3 is 5.32 Å². The third kappa shape index (κ3) is 3.59. The predicted octanol–water partition coefficient (Wildman–Crippen LogP) is 4.17. The maximum absolute atomic E-state index is 14.1. The smallest absolute Gasteiger partial charge is 0.269 e. The number of nitrogens with zero attached hydrogens (tertiary/aromatic N) is 1. The van der Waals surface area contributed by atoms with Crippen LogP contribution in [-0.2, 0) is 0 Å². The molecule has 1 N–H and O–H groups in total. The van der Waals surface area contributed by atoms with Gasteiger partial charge in [0.05, 0.1) is 9.82 Å². The van der Waals surface area contributed by atoms with E-state index in [2.05, 4.69) is 5.32 Å². The van der Waals surface area contributed by atoms with Crippen LogP contribution in [0.4, 0.5) is 10.1 Å². The molecule has 110 valence electrons. The maximum Gasteiger partial charge on any atom is 0.269 e. The Hall–Kier alpha value is -1.92. The normalized spacial score (nSPS) is 12.1. The molecule has 4 nitrogen and oxygen atoms in total. The SMILES string of the molecule is CNC(C)c1cccc(F)c1Sc1ccc([N+](=O)[O-])cc1. The van der Waals surface area contributed by atoms with Gasteiger partial charge in [0.2, 0.25) is 0 Å². The first-order valence-electron chi connectivity index (χ1n) is 6.41. The van der Waals surface area contributed by atoms with Gasteiger partial charge >= 0.3 is 0 Å². The van der Waals surface area contributed by atoms with Crippen LogP contribution in [0.25, 0.3) is 0 Å². The summed E-state index contributed by atoms with van der Waals surface area (Å²) < 4.78 is 14.1. The number of hydrogen-bond donors (Lipinski definition) is 1. The van der Waals surface area contributed by atoms with Crippen molar-refractivity contribution >= 4 is 17.4 Å². The molecule has 1 atom stereocenters. The third-order valence-electron chi connectivity index (χ3n) is 3.16. The van der Waals surface area contributed by atoms with Gasteiger partial charge in [-0.3, -0.25) is 10.1 Å². The Labute approximate surface area is 126 Å². The molecule has 0 fully saturated rings. The van der Waals surface area contributed by atoms with Crippen LogP contribution in [0.2, 0.25) is 0 Å². The Morgan fingerprint density at radius 1 is 1.24 bits per heavy atom. The van der Waals surface area contributed by atoms with E-state index in [9.17, 15) is 14.5 Å². The van der Waals surface area contributed by atoms with Crippen molar-refractivity contribution < 1.29 is 9.31 Å². The van der Waals surface area contributed by atoms with Crippen molar-refractivity contribution in [3.63, 3.8) is 0 Å². The van der Waals surface area contributed by atoms with Crippen LogP contribution >= 0.6 is 11.8 Å². The molecule has 0 saturated carbocycles. The summed E-state index contributed by atoms with van der Waals surface area (Å²) in [5, 5.41) is 13.7. The van der Waals surface area contributed by atoms with E-state index in [0.717, 1.165) is 10.5 Å². The Morgan fingerprint density at radius 3 is 2.48 bits per heavy atom. The fourth-order valence-electron chi connectivity index (χ4n) is 1.88. The Kier molecular flexibility index (Phi) is 4.93. The van der Waals surface area contributed by atoms with Gasteiger partial charge in [0.1, 0.15) is 5.82 Å². The molecular weight excluding hydrogens is 291 g/mol. The summed E-state index contributed by atoms with van der Waals surface area (Å²) in [5.74, 6) is -0.294. The molecule has 2 aromatic carbocycles. The number of hydrogen-bond acceptors (Lipinski definition) is 4. The Bertz CT molecular complexity index is 647. The number of nitro groups is 1. The summed E-state index contributed by atoms with van der Waals surface area (Å²) in [6, 6.07) is 11.1. The first kappa shape index (κ1) is 15.5. The van der Waals surface area contributed by atoms with Gasteiger partial charge in [0, 0.05) is 23.1 Å². The predicted molar refractivity (Wildman–Crippen MR) is 81.1 cm³/mol. The second-order valence-corrected chi connectivity index (χ2v) is 5.61. The van der Waals surface area contributed by atoms with Gasteiger partial charge in [0.25, 0.3) is 5.69 Å². The summed E-state index contributed by atoms with van der Waals surface area (Å²) in [4.78, 5) is 11.5. The van der Waals surface area contributed by atoms with Crippen molar-refractivity contribution in [3.05, 3.63) is 64.0 Å². The molecule has 0 saturated heterocycles. The lowest BCUT2D eigenvalue weighted by atomic mass is 10.1. The minimum atomic E-state index is -0.452. The molecule has 1 unspecified atom stereocenters. The highest BCUT2D eigenvalue weighted by Crippen LogP contribution is 2.35. The van der Waals surface area contributed by atoms with Crippen molar-refractivity contribution in [3.8, 4) is 0 Å². The molecule has 0 aliphatic carbocycles.